The fourth-order valence-corrected chi connectivity index (χ4v) is 5.97. The number of carbonyl (C=O) groups is 1. The summed E-state index contributed by atoms with van der Waals surface area (Å²) in [5.41, 5.74) is 2.19. The van der Waals surface area contributed by atoms with Crippen molar-refractivity contribution >= 4 is 38.6 Å². The third-order valence-corrected chi connectivity index (χ3v) is 7.97. The number of piperidine rings is 1. The highest BCUT2D eigenvalue weighted by Gasteiger charge is 2.28. The number of aryl methyl sites for hydroxylation is 1. The molecule has 1 aromatic heterocycles. The van der Waals surface area contributed by atoms with E-state index in [-0.39, 0.29) is 21.4 Å². The second-order valence-corrected chi connectivity index (χ2v) is 9.98. The topological polar surface area (TPSA) is 84.3 Å². The van der Waals surface area contributed by atoms with E-state index in [1.807, 2.05) is 35.8 Å². The first kappa shape index (κ1) is 21.8. The zero-order valence-corrected chi connectivity index (χ0v) is 18.9. The molecule has 164 valence electrons. The summed E-state index contributed by atoms with van der Waals surface area (Å²) in [7, 11) is -3.73. The molecule has 0 saturated carbocycles. The first-order valence-corrected chi connectivity index (χ1v) is 12.2. The number of sulfonamides is 1. The van der Waals surface area contributed by atoms with Gasteiger partial charge in [-0.25, -0.2) is 13.4 Å². The van der Waals surface area contributed by atoms with Gasteiger partial charge in [0.15, 0.2) is 0 Å². The second-order valence-electron chi connectivity index (χ2n) is 7.67. The van der Waals surface area contributed by atoms with Crippen LogP contribution in [-0.2, 0) is 16.6 Å². The number of imidazole rings is 1. The zero-order valence-electron chi connectivity index (χ0n) is 17.3. The minimum absolute atomic E-state index is 0.0137. The third kappa shape index (κ3) is 4.46. The Labute approximate surface area is 187 Å². The number of hydrogen-bond acceptors (Lipinski definition) is 4. The summed E-state index contributed by atoms with van der Waals surface area (Å²) in [6, 6.07) is 12.2. The molecule has 0 radical (unpaired) electrons. The van der Waals surface area contributed by atoms with Gasteiger partial charge >= 0.3 is 0 Å². The quantitative estimate of drug-likeness (QED) is 0.609. The van der Waals surface area contributed by atoms with Gasteiger partial charge in [0, 0.05) is 31.7 Å². The van der Waals surface area contributed by atoms with Gasteiger partial charge in [0.1, 0.15) is 10.7 Å². The van der Waals surface area contributed by atoms with Gasteiger partial charge in [-0.05, 0) is 50.1 Å². The number of fused-ring (bicyclic) bond motifs is 1. The predicted molar refractivity (Wildman–Crippen MR) is 121 cm³/mol. The number of halogens is 1. The number of rotatable bonds is 6. The Morgan fingerprint density at radius 3 is 2.65 bits per heavy atom. The van der Waals surface area contributed by atoms with Crippen LogP contribution in [0, 0.1) is 6.92 Å². The maximum atomic E-state index is 13.0. The molecule has 1 saturated heterocycles. The van der Waals surface area contributed by atoms with Crippen LogP contribution in [0.25, 0.3) is 11.0 Å². The molecule has 0 spiro atoms. The molecule has 0 unspecified atom stereocenters. The van der Waals surface area contributed by atoms with Gasteiger partial charge in [-0.3, -0.25) is 4.79 Å². The summed E-state index contributed by atoms with van der Waals surface area (Å²) in [5, 5.41) is 3.00. The maximum Gasteiger partial charge on any atom is 0.251 e. The SMILES string of the molecule is Cc1nc2ccccc2n1CCNC(=O)c1ccc(Cl)c(S(=O)(=O)N2CCCCC2)c1. The maximum absolute atomic E-state index is 13.0. The largest absolute Gasteiger partial charge is 0.350 e. The molecule has 9 heteroatoms. The standard InChI is InChI=1S/C22H25ClN4O3S/c1-16-25-19-7-3-4-8-20(19)27(16)14-11-24-22(28)17-9-10-18(23)21(15-17)31(29,30)26-12-5-2-6-13-26/h3-4,7-10,15H,2,5-6,11-14H2,1H3,(H,24,28). The molecular weight excluding hydrogens is 436 g/mol. The summed E-state index contributed by atoms with van der Waals surface area (Å²) in [6.45, 7) is 3.83. The van der Waals surface area contributed by atoms with E-state index in [0.717, 1.165) is 36.1 Å². The van der Waals surface area contributed by atoms with Crippen molar-refractivity contribution in [2.75, 3.05) is 19.6 Å². The number of para-hydroxylation sites is 2. The van der Waals surface area contributed by atoms with E-state index in [0.29, 0.717) is 26.2 Å². The number of aromatic nitrogens is 2. The minimum Gasteiger partial charge on any atom is -0.350 e. The number of carbonyl (C=O) groups excluding carboxylic acids is 1. The van der Waals surface area contributed by atoms with Crippen molar-refractivity contribution in [3.63, 3.8) is 0 Å². The lowest BCUT2D eigenvalue weighted by atomic mass is 10.2. The molecule has 1 aliphatic heterocycles. The van der Waals surface area contributed by atoms with Crippen LogP contribution in [0.1, 0.15) is 35.4 Å². The summed E-state index contributed by atoms with van der Waals surface area (Å²) in [6.07, 6.45) is 2.69. The van der Waals surface area contributed by atoms with Crippen molar-refractivity contribution in [1.82, 2.24) is 19.2 Å². The van der Waals surface area contributed by atoms with Crippen LogP contribution in [0.3, 0.4) is 0 Å². The molecule has 7 nitrogen and oxygen atoms in total. The highest BCUT2D eigenvalue weighted by Crippen LogP contribution is 2.28. The monoisotopic (exact) mass is 460 g/mol. The predicted octanol–water partition coefficient (Wildman–Crippen LogP) is 3.60. The fraction of sp³-hybridized carbons (Fsp3) is 0.364. The van der Waals surface area contributed by atoms with Crippen LogP contribution < -0.4 is 5.32 Å². The Morgan fingerprint density at radius 2 is 1.87 bits per heavy atom. The molecule has 0 atom stereocenters. The zero-order chi connectivity index (χ0) is 22.0. The molecular formula is C22H25ClN4O3S. The second kappa shape index (κ2) is 8.98. The molecule has 4 rings (SSSR count). The Bertz CT molecular complexity index is 1220. The summed E-state index contributed by atoms with van der Waals surface area (Å²) in [5.74, 6) is 0.533. The van der Waals surface area contributed by atoms with Crippen molar-refractivity contribution in [3.8, 4) is 0 Å². The normalized spacial score (nSPS) is 15.3. The molecule has 3 aromatic rings. The lowest BCUT2D eigenvalue weighted by molar-refractivity contribution is 0.0952. The average Bonchev–Trinajstić information content (AvgIpc) is 3.09. The van der Waals surface area contributed by atoms with Crippen molar-refractivity contribution < 1.29 is 13.2 Å². The lowest BCUT2D eigenvalue weighted by Gasteiger charge is -2.26. The Balaban J connectivity index is 1.47. The average molecular weight is 461 g/mol. The van der Waals surface area contributed by atoms with Crippen LogP contribution in [0.15, 0.2) is 47.4 Å². The Kier molecular flexibility index (Phi) is 6.31. The van der Waals surface area contributed by atoms with Gasteiger partial charge in [0.2, 0.25) is 10.0 Å². The van der Waals surface area contributed by atoms with Crippen LogP contribution in [-0.4, -0.2) is 47.8 Å². The first-order valence-electron chi connectivity index (χ1n) is 10.4. The summed E-state index contributed by atoms with van der Waals surface area (Å²) in [4.78, 5) is 17.2. The van der Waals surface area contributed by atoms with E-state index in [9.17, 15) is 13.2 Å². The van der Waals surface area contributed by atoms with E-state index >= 15 is 0 Å². The van der Waals surface area contributed by atoms with E-state index < -0.39 is 10.0 Å². The van der Waals surface area contributed by atoms with E-state index in [1.54, 1.807) is 6.07 Å². The minimum atomic E-state index is -3.73. The highest BCUT2D eigenvalue weighted by molar-refractivity contribution is 7.89. The van der Waals surface area contributed by atoms with E-state index in [4.69, 9.17) is 11.6 Å². The van der Waals surface area contributed by atoms with Crippen LogP contribution >= 0.6 is 11.6 Å². The molecule has 1 fully saturated rings. The van der Waals surface area contributed by atoms with Crippen LogP contribution in [0.4, 0.5) is 0 Å². The number of benzene rings is 2. The summed E-state index contributed by atoms with van der Waals surface area (Å²) >= 11 is 6.20. The highest BCUT2D eigenvalue weighted by atomic mass is 35.5. The number of amides is 1. The van der Waals surface area contributed by atoms with E-state index in [2.05, 4.69) is 10.3 Å². The molecule has 2 aromatic carbocycles. The Hall–Kier alpha value is -2.42. The van der Waals surface area contributed by atoms with Crippen molar-refractivity contribution in [3.05, 3.63) is 58.9 Å². The smallest absolute Gasteiger partial charge is 0.251 e. The van der Waals surface area contributed by atoms with Crippen molar-refractivity contribution in [2.24, 2.45) is 0 Å². The van der Waals surface area contributed by atoms with Gasteiger partial charge in [0.05, 0.1) is 16.1 Å². The van der Waals surface area contributed by atoms with Crippen molar-refractivity contribution in [1.29, 1.82) is 0 Å². The molecule has 1 N–H and O–H groups in total. The van der Waals surface area contributed by atoms with Crippen LogP contribution in [0.5, 0.6) is 0 Å². The van der Waals surface area contributed by atoms with E-state index in [1.165, 1.54) is 16.4 Å². The van der Waals surface area contributed by atoms with Gasteiger partial charge in [-0.1, -0.05) is 30.2 Å². The molecule has 0 aliphatic carbocycles. The van der Waals surface area contributed by atoms with Gasteiger partial charge in [0.25, 0.3) is 5.91 Å². The Morgan fingerprint density at radius 1 is 1.13 bits per heavy atom. The number of nitrogens with zero attached hydrogens (tertiary/aromatic N) is 3. The summed E-state index contributed by atoms with van der Waals surface area (Å²) < 4.78 is 29.5. The molecule has 1 amide bonds. The molecule has 0 bridgehead atoms. The molecule has 1 aliphatic rings. The lowest BCUT2D eigenvalue weighted by Crippen LogP contribution is -2.36. The number of nitrogens with one attached hydrogen (secondary N) is 1. The molecule has 2 heterocycles. The van der Waals surface area contributed by atoms with Gasteiger partial charge in [-0.15, -0.1) is 0 Å². The van der Waals surface area contributed by atoms with Gasteiger partial charge in [-0.2, -0.15) is 4.31 Å². The van der Waals surface area contributed by atoms with Crippen molar-refractivity contribution in [2.45, 2.75) is 37.6 Å². The first-order chi connectivity index (χ1) is 14.9. The van der Waals surface area contributed by atoms with Crippen LogP contribution in [0.2, 0.25) is 5.02 Å². The number of hydrogen-bond donors (Lipinski definition) is 1. The molecule has 31 heavy (non-hydrogen) atoms. The third-order valence-electron chi connectivity index (χ3n) is 5.59. The fourth-order valence-electron chi connectivity index (χ4n) is 3.95. The van der Waals surface area contributed by atoms with Gasteiger partial charge < -0.3 is 9.88 Å².